The van der Waals surface area contributed by atoms with Gasteiger partial charge < -0.3 is 5.32 Å². The van der Waals surface area contributed by atoms with E-state index < -0.39 is 0 Å². The minimum absolute atomic E-state index is 0.686. The predicted molar refractivity (Wildman–Crippen MR) is 67.6 cm³/mol. The predicted octanol–water partition coefficient (Wildman–Crippen LogP) is 4.13. The third kappa shape index (κ3) is 4.87. The van der Waals surface area contributed by atoms with E-state index in [1.807, 2.05) is 12.1 Å². The third-order valence-electron chi connectivity index (χ3n) is 2.23. The van der Waals surface area contributed by atoms with Crippen LogP contribution in [0.15, 0.2) is 18.2 Å². The van der Waals surface area contributed by atoms with Crippen molar-refractivity contribution in [1.29, 1.82) is 0 Å². The molecule has 0 aliphatic rings. The number of benzene rings is 1. The van der Waals surface area contributed by atoms with Gasteiger partial charge in [0.25, 0.3) is 0 Å². The summed E-state index contributed by atoms with van der Waals surface area (Å²) in [5.41, 5.74) is 1.10. The Kier molecular flexibility index (Phi) is 5.44. The second kappa shape index (κ2) is 6.37. The molecule has 1 aromatic rings. The average Bonchev–Trinajstić information content (AvgIpc) is 2.14. The van der Waals surface area contributed by atoms with Crippen LogP contribution in [0.4, 0.5) is 0 Å². The van der Waals surface area contributed by atoms with E-state index in [1.54, 1.807) is 6.07 Å². The molecule has 0 saturated heterocycles. The highest BCUT2D eigenvalue weighted by Gasteiger charge is 2.00. The molecule has 0 aromatic heterocycles. The van der Waals surface area contributed by atoms with Crippen molar-refractivity contribution < 1.29 is 0 Å². The molecule has 0 fully saturated rings. The van der Waals surface area contributed by atoms with Crippen molar-refractivity contribution in [2.45, 2.75) is 26.8 Å². The summed E-state index contributed by atoms with van der Waals surface area (Å²) in [7, 11) is 0. The van der Waals surface area contributed by atoms with E-state index in [0.717, 1.165) is 29.6 Å². The summed E-state index contributed by atoms with van der Waals surface area (Å²) in [6.07, 6.45) is 1.19. The minimum Gasteiger partial charge on any atom is -0.313 e. The van der Waals surface area contributed by atoms with Gasteiger partial charge in [-0.05, 0) is 36.6 Å². The molecule has 0 aliphatic carbocycles. The zero-order chi connectivity index (χ0) is 11.3. The van der Waals surface area contributed by atoms with Gasteiger partial charge in [-0.15, -0.1) is 0 Å². The van der Waals surface area contributed by atoms with Gasteiger partial charge in [-0.1, -0.05) is 43.1 Å². The van der Waals surface area contributed by atoms with Crippen LogP contribution in [0, 0.1) is 5.92 Å². The van der Waals surface area contributed by atoms with Crippen LogP contribution in [0.25, 0.3) is 0 Å². The number of rotatable bonds is 5. The maximum absolute atomic E-state index is 6.05. The molecule has 15 heavy (non-hydrogen) atoms. The molecule has 1 nitrogen and oxygen atoms in total. The third-order valence-corrected chi connectivity index (χ3v) is 2.82. The van der Waals surface area contributed by atoms with Crippen molar-refractivity contribution in [3.8, 4) is 0 Å². The molecule has 0 heterocycles. The Morgan fingerprint density at radius 2 is 2.00 bits per heavy atom. The van der Waals surface area contributed by atoms with Crippen LogP contribution in [0.3, 0.4) is 0 Å². The van der Waals surface area contributed by atoms with Gasteiger partial charge in [0.15, 0.2) is 0 Å². The summed E-state index contributed by atoms with van der Waals surface area (Å²) in [6.45, 7) is 6.27. The van der Waals surface area contributed by atoms with Crippen LogP contribution < -0.4 is 5.32 Å². The molecule has 1 rings (SSSR count). The fraction of sp³-hybridized carbons (Fsp3) is 0.500. The van der Waals surface area contributed by atoms with Crippen LogP contribution >= 0.6 is 23.2 Å². The lowest BCUT2D eigenvalue weighted by molar-refractivity contribution is 0.537. The Hall–Kier alpha value is -0.240. The Morgan fingerprint density at radius 3 is 2.60 bits per heavy atom. The van der Waals surface area contributed by atoms with Crippen LogP contribution in [-0.2, 0) is 6.54 Å². The Morgan fingerprint density at radius 1 is 1.27 bits per heavy atom. The van der Waals surface area contributed by atoms with E-state index in [-0.39, 0.29) is 0 Å². The molecular formula is C12H17Cl2N. The van der Waals surface area contributed by atoms with Gasteiger partial charge >= 0.3 is 0 Å². The standard InChI is InChI=1S/C12H17Cl2N/c1-9(2)5-6-15-8-10-3-4-11(13)7-12(10)14/h3-4,7,9,15H,5-6,8H2,1-2H3. The van der Waals surface area contributed by atoms with Crippen molar-refractivity contribution in [2.24, 2.45) is 5.92 Å². The van der Waals surface area contributed by atoms with Crippen molar-refractivity contribution in [2.75, 3.05) is 6.54 Å². The zero-order valence-electron chi connectivity index (χ0n) is 9.19. The molecular weight excluding hydrogens is 229 g/mol. The highest BCUT2D eigenvalue weighted by Crippen LogP contribution is 2.20. The largest absolute Gasteiger partial charge is 0.313 e. The van der Waals surface area contributed by atoms with E-state index >= 15 is 0 Å². The number of hydrogen-bond donors (Lipinski definition) is 1. The van der Waals surface area contributed by atoms with Crippen molar-refractivity contribution in [1.82, 2.24) is 5.32 Å². The summed E-state index contributed by atoms with van der Waals surface area (Å²) in [4.78, 5) is 0. The molecule has 1 aromatic carbocycles. The van der Waals surface area contributed by atoms with Crippen LogP contribution in [-0.4, -0.2) is 6.54 Å². The van der Waals surface area contributed by atoms with Gasteiger partial charge in [0.2, 0.25) is 0 Å². The molecule has 0 amide bonds. The summed E-state index contributed by atoms with van der Waals surface area (Å²) in [5.74, 6) is 0.734. The maximum Gasteiger partial charge on any atom is 0.0465 e. The number of hydrogen-bond acceptors (Lipinski definition) is 1. The zero-order valence-corrected chi connectivity index (χ0v) is 10.7. The van der Waals surface area contributed by atoms with Gasteiger partial charge in [0.1, 0.15) is 0 Å². The van der Waals surface area contributed by atoms with E-state index in [1.165, 1.54) is 6.42 Å². The highest BCUT2D eigenvalue weighted by molar-refractivity contribution is 6.35. The van der Waals surface area contributed by atoms with E-state index in [0.29, 0.717) is 5.02 Å². The Labute approximate surface area is 102 Å². The summed E-state index contributed by atoms with van der Waals surface area (Å²) < 4.78 is 0. The molecule has 84 valence electrons. The first-order chi connectivity index (χ1) is 7.09. The summed E-state index contributed by atoms with van der Waals surface area (Å²) >= 11 is 11.9. The average molecular weight is 246 g/mol. The molecule has 0 saturated carbocycles. The van der Waals surface area contributed by atoms with Crippen molar-refractivity contribution in [3.63, 3.8) is 0 Å². The molecule has 0 bridgehead atoms. The van der Waals surface area contributed by atoms with E-state index in [9.17, 15) is 0 Å². The second-order valence-electron chi connectivity index (χ2n) is 4.10. The van der Waals surface area contributed by atoms with E-state index in [4.69, 9.17) is 23.2 Å². The summed E-state index contributed by atoms with van der Waals surface area (Å²) in [5, 5.41) is 4.79. The van der Waals surface area contributed by atoms with Gasteiger partial charge in [0.05, 0.1) is 0 Å². The smallest absolute Gasteiger partial charge is 0.0465 e. The van der Waals surface area contributed by atoms with Crippen LogP contribution in [0.5, 0.6) is 0 Å². The summed E-state index contributed by atoms with van der Waals surface area (Å²) in [6, 6.07) is 5.61. The molecule has 1 N–H and O–H groups in total. The number of halogens is 2. The van der Waals surface area contributed by atoms with Gasteiger partial charge in [-0.3, -0.25) is 0 Å². The molecule has 0 aliphatic heterocycles. The maximum atomic E-state index is 6.05. The Bertz CT molecular complexity index is 310. The topological polar surface area (TPSA) is 12.0 Å². The first kappa shape index (κ1) is 12.8. The normalized spacial score (nSPS) is 11.0. The Balaban J connectivity index is 2.37. The molecule has 0 spiro atoms. The molecule has 0 atom stereocenters. The highest BCUT2D eigenvalue weighted by atomic mass is 35.5. The molecule has 0 radical (unpaired) electrons. The van der Waals surface area contributed by atoms with Gasteiger partial charge in [0, 0.05) is 16.6 Å². The fourth-order valence-electron chi connectivity index (χ4n) is 1.28. The minimum atomic E-state index is 0.686. The second-order valence-corrected chi connectivity index (χ2v) is 4.94. The van der Waals surface area contributed by atoms with Crippen LogP contribution in [0.1, 0.15) is 25.8 Å². The van der Waals surface area contributed by atoms with Crippen molar-refractivity contribution in [3.05, 3.63) is 33.8 Å². The quantitative estimate of drug-likeness (QED) is 0.770. The first-order valence-electron chi connectivity index (χ1n) is 5.24. The van der Waals surface area contributed by atoms with Crippen molar-refractivity contribution >= 4 is 23.2 Å². The lowest BCUT2D eigenvalue weighted by Crippen LogP contribution is -2.16. The van der Waals surface area contributed by atoms with Gasteiger partial charge in [-0.2, -0.15) is 0 Å². The SMILES string of the molecule is CC(C)CCNCc1ccc(Cl)cc1Cl. The first-order valence-corrected chi connectivity index (χ1v) is 6.00. The molecule has 0 unspecified atom stereocenters. The fourth-order valence-corrected chi connectivity index (χ4v) is 1.75. The van der Waals surface area contributed by atoms with Gasteiger partial charge in [-0.25, -0.2) is 0 Å². The molecule has 3 heteroatoms. The van der Waals surface area contributed by atoms with E-state index in [2.05, 4.69) is 19.2 Å². The lowest BCUT2D eigenvalue weighted by Gasteiger charge is -2.08. The van der Waals surface area contributed by atoms with Crippen LogP contribution in [0.2, 0.25) is 10.0 Å². The number of nitrogens with one attached hydrogen (secondary N) is 1. The lowest BCUT2D eigenvalue weighted by atomic mass is 10.1. The monoisotopic (exact) mass is 245 g/mol.